The topological polar surface area (TPSA) is 64.0 Å². The fraction of sp³-hybridized carbons (Fsp3) is 0.389. The van der Waals surface area contributed by atoms with Crippen LogP contribution in [0.3, 0.4) is 0 Å². The third-order valence-electron chi connectivity index (χ3n) is 3.59. The molecule has 0 saturated carbocycles. The number of ketones is 1. The molecule has 1 heterocycles. The van der Waals surface area contributed by atoms with E-state index in [2.05, 4.69) is 31.2 Å². The predicted molar refractivity (Wildman–Crippen MR) is 90.5 cm³/mol. The molecule has 0 radical (unpaired) electrons. The molecule has 0 unspecified atom stereocenters. The zero-order valence-corrected chi connectivity index (χ0v) is 14.1. The largest absolute Gasteiger partial charge is 0.311 e. The zero-order valence-electron chi connectivity index (χ0n) is 14.1. The lowest BCUT2D eigenvalue weighted by Crippen LogP contribution is -2.15. The predicted octanol–water partition coefficient (Wildman–Crippen LogP) is 3.32. The first-order valence-corrected chi connectivity index (χ1v) is 7.70. The second-order valence-corrected chi connectivity index (χ2v) is 6.63. The Morgan fingerprint density at radius 2 is 1.78 bits per heavy atom. The van der Waals surface area contributed by atoms with E-state index in [1.807, 2.05) is 24.3 Å². The van der Waals surface area contributed by atoms with Crippen molar-refractivity contribution in [2.45, 2.75) is 39.0 Å². The van der Waals surface area contributed by atoms with E-state index in [9.17, 15) is 9.59 Å². The molecule has 1 N–H and O–H groups in total. The average Bonchev–Trinajstić information content (AvgIpc) is 2.87. The van der Waals surface area contributed by atoms with Gasteiger partial charge in [-0.05, 0) is 0 Å². The summed E-state index contributed by atoms with van der Waals surface area (Å²) in [6.45, 7) is 6.21. The lowest BCUT2D eigenvalue weighted by molar-refractivity contribution is -0.116. The maximum absolute atomic E-state index is 12.1. The summed E-state index contributed by atoms with van der Waals surface area (Å²) in [4.78, 5) is 24.1. The molecule has 5 nitrogen and oxygen atoms in total. The van der Waals surface area contributed by atoms with Crippen LogP contribution in [0.15, 0.2) is 36.4 Å². The molecule has 0 spiro atoms. The van der Waals surface area contributed by atoms with E-state index < -0.39 is 0 Å². The molecule has 23 heavy (non-hydrogen) atoms. The highest BCUT2D eigenvalue weighted by Gasteiger charge is 2.19. The molecule has 2 rings (SSSR count). The van der Waals surface area contributed by atoms with Gasteiger partial charge in [-0.25, -0.2) is 0 Å². The summed E-state index contributed by atoms with van der Waals surface area (Å²) in [6.07, 6.45) is 0.351. The third kappa shape index (κ3) is 4.52. The number of benzene rings is 1. The minimum atomic E-state index is -0.183. The Bertz CT molecular complexity index is 697. The number of amides is 1. The van der Waals surface area contributed by atoms with Gasteiger partial charge in [0.15, 0.2) is 5.78 Å². The molecule has 0 aliphatic rings. The van der Waals surface area contributed by atoms with Crippen LogP contribution in [0.25, 0.3) is 0 Å². The summed E-state index contributed by atoms with van der Waals surface area (Å²) < 4.78 is 1.65. The van der Waals surface area contributed by atoms with Gasteiger partial charge in [0, 0.05) is 36.9 Å². The molecule has 0 bridgehead atoms. The SMILES string of the molecule is Cn1nc(C(C)(C)C)cc1NC(=O)CCC(=O)c1ccccc1. The fourth-order valence-electron chi connectivity index (χ4n) is 2.15. The first-order valence-electron chi connectivity index (χ1n) is 7.70. The summed E-state index contributed by atoms with van der Waals surface area (Å²) in [6, 6.07) is 10.9. The summed E-state index contributed by atoms with van der Waals surface area (Å²) in [7, 11) is 1.79. The lowest BCUT2D eigenvalue weighted by Gasteiger charge is -2.13. The Hall–Kier alpha value is -2.43. The van der Waals surface area contributed by atoms with Crippen LogP contribution in [0.4, 0.5) is 5.82 Å². The van der Waals surface area contributed by atoms with E-state index >= 15 is 0 Å². The smallest absolute Gasteiger partial charge is 0.225 e. The maximum atomic E-state index is 12.1. The van der Waals surface area contributed by atoms with Gasteiger partial charge < -0.3 is 5.32 Å². The first-order chi connectivity index (χ1) is 10.8. The number of Topliss-reactive ketones (excluding diaryl/α,β-unsaturated/α-hetero) is 1. The number of nitrogens with zero attached hydrogens (tertiary/aromatic N) is 2. The zero-order chi connectivity index (χ0) is 17.0. The standard InChI is InChI=1S/C18H23N3O2/c1-18(2,3)15-12-16(21(4)20-15)19-17(23)11-10-14(22)13-8-6-5-7-9-13/h5-9,12H,10-11H2,1-4H3,(H,19,23). The molecule has 0 fully saturated rings. The number of aryl methyl sites for hydroxylation is 1. The summed E-state index contributed by atoms with van der Waals surface area (Å²) in [5.41, 5.74) is 1.47. The molecule has 2 aromatic rings. The normalized spacial score (nSPS) is 11.3. The van der Waals surface area contributed by atoms with Gasteiger partial charge in [0.25, 0.3) is 0 Å². The van der Waals surface area contributed by atoms with Crippen molar-refractivity contribution in [2.24, 2.45) is 7.05 Å². The number of anilines is 1. The number of hydrogen-bond acceptors (Lipinski definition) is 3. The van der Waals surface area contributed by atoms with Gasteiger partial charge in [0.05, 0.1) is 5.69 Å². The Kier molecular flexibility index (Phi) is 4.98. The van der Waals surface area contributed by atoms with Gasteiger partial charge in [-0.1, -0.05) is 51.1 Å². The monoisotopic (exact) mass is 313 g/mol. The maximum Gasteiger partial charge on any atom is 0.225 e. The number of hydrogen-bond donors (Lipinski definition) is 1. The molecular weight excluding hydrogens is 290 g/mol. The van der Waals surface area contributed by atoms with Crippen LogP contribution in [0, 0.1) is 0 Å². The summed E-state index contributed by atoms with van der Waals surface area (Å²) in [5.74, 6) is 0.436. The minimum Gasteiger partial charge on any atom is -0.311 e. The molecule has 1 amide bonds. The highest BCUT2D eigenvalue weighted by atomic mass is 16.2. The molecule has 1 aromatic carbocycles. The minimum absolute atomic E-state index is 0.0267. The van der Waals surface area contributed by atoms with E-state index in [1.165, 1.54) is 0 Å². The molecule has 0 aliphatic heterocycles. The van der Waals surface area contributed by atoms with Crippen LogP contribution in [0.5, 0.6) is 0 Å². The van der Waals surface area contributed by atoms with Crippen LogP contribution in [0.2, 0.25) is 0 Å². The Balaban J connectivity index is 1.93. The van der Waals surface area contributed by atoms with Crippen molar-refractivity contribution in [3.63, 3.8) is 0 Å². The molecule has 0 saturated heterocycles. The Morgan fingerprint density at radius 1 is 1.13 bits per heavy atom. The van der Waals surface area contributed by atoms with E-state index in [-0.39, 0.29) is 29.9 Å². The first kappa shape index (κ1) is 16.9. The van der Waals surface area contributed by atoms with Gasteiger partial charge in [-0.2, -0.15) is 5.10 Å². The van der Waals surface area contributed by atoms with Crippen LogP contribution in [0.1, 0.15) is 49.7 Å². The molecule has 122 valence electrons. The molecule has 0 atom stereocenters. The van der Waals surface area contributed by atoms with Crippen LogP contribution in [-0.4, -0.2) is 21.5 Å². The van der Waals surface area contributed by atoms with Crippen molar-refractivity contribution >= 4 is 17.5 Å². The molecule has 1 aromatic heterocycles. The van der Waals surface area contributed by atoms with Crippen molar-refractivity contribution in [1.29, 1.82) is 0 Å². The van der Waals surface area contributed by atoms with E-state index in [1.54, 1.807) is 23.9 Å². The third-order valence-corrected chi connectivity index (χ3v) is 3.59. The van der Waals surface area contributed by atoms with E-state index in [0.717, 1.165) is 5.69 Å². The quantitative estimate of drug-likeness (QED) is 0.861. The summed E-state index contributed by atoms with van der Waals surface area (Å²) in [5, 5.41) is 7.23. The number of carbonyl (C=O) groups is 2. The van der Waals surface area contributed by atoms with Crippen molar-refractivity contribution in [2.75, 3.05) is 5.32 Å². The highest BCUT2D eigenvalue weighted by molar-refractivity contribution is 5.99. The van der Waals surface area contributed by atoms with Crippen LogP contribution >= 0.6 is 0 Å². The number of aromatic nitrogens is 2. The highest BCUT2D eigenvalue weighted by Crippen LogP contribution is 2.23. The van der Waals surface area contributed by atoms with E-state index in [4.69, 9.17) is 0 Å². The van der Waals surface area contributed by atoms with Crippen molar-refractivity contribution in [3.8, 4) is 0 Å². The van der Waals surface area contributed by atoms with Gasteiger partial charge >= 0.3 is 0 Å². The summed E-state index contributed by atoms with van der Waals surface area (Å²) >= 11 is 0. The molecule has 5 heteroatoms. The van der Waals surface area contributed by atoms with Gasteiger partial charge in [0.1, 0.15) is 5.82 Å². The van der Waals surface area contributed by atoms with Gasteiger partial charge in [0.2, 0.25) is 5.91 Å². The number of nitrogens with one attached hydrogen (secondary N) is 1. The van der Waals surface area contributed by atoms with Crippen LogP contribution < -0.4 is 5.32 Å². The Labute approximate surface area is 136 Å². The van der Waals surface area contributed by atoms with E-state index in [0.29, 0.717) is 11.4 Å². The number of carbonyl (C=O) groups excluding carboxylic acids is 2. The Morgan fingerprint density at radius 3 is 2.35 bits per heavy atom. The fourth-order valence-corrected chi connectivity index (χ4v) is 2.15. The van der Waals surface area contributed by atoms with Crippen molar-refractivity contribution < 1.29 is 9.59 Å². The molecular formula is C18H23N3O2. The van der Waals surface area contributed by atoms with Gasteiger partial charge in [-0.15, -0.1) is 0 Å². The number of rotatable bonds is 5. The van der Waals surface area contributed by atoms with Crippen molar-refractivity contribution in [1.82, 2.24) is 9.78 Å². The second-order valence-electron chi connectivity index (χ2n) is 6.63. The van der Waals surface area contributed by atoms with Crippen LogP contribution in [-0.2, 0) is 17.3 Å². The average molecular weight is 313 g/mol. The second kappa shape index (κ2) is 6.77. The van der Waals surface area contributed by atoms with Gasteiger partial charge in [-0.3, -0.25) is 14.3 Å². The molecule has 0 aliphatic carbocycles. The lowest BCUT2D eigenvalue weighted by atomic mass is 9.92. The van der Waals surface area contributed by atoms with Crippen molar-refractivity contribution in [3.05, 3.63) is 47.7 Å².